The second-order valence-corrected chi connectivity index (χ2v) is 6.30. The Morgan fingerprint density at radius 1 is 0.643 bits per heavy atom. The minimum Gasteiger partial charge on any atom is -0.0972 e. The van der Waals surface area contributed by atoms with Crippen LogP contribution in [0.5, 0.6) is 0 Å². The van der Waals surface area contributed by atoms with Crippen molar-refractivity contribution in [1.82, 2.24) is 0 Å². The van der Waals surface area contributed by atoms with Gasteiger partial charge in [-0.15, -0.1) is 0 Å². The minimum atomic E-state index is 0. The third kappa shape index (κ3) is 15.5. The fourth-order valence-corrected chi connectivity index (χ4v) is 3.51. The molecule has 0 amide bonds. The number of hydrogen-bond acceptors (Lipinski definition) is 0. The second-order valence-electron chi connectivity index (χ2n) is 4.18. The first-order valence-corrected chi connectivity index (χ1v) is 8.41. The van der Waals surface area contributed by atoms with E-state index in [0.29, 0.717) is 15.2 Å². The van der Waals surface area contributed by atoms with Gasteiger partial charge in [0.25, 0.3) is 0 Å². The molecule has 0 aliphatic carbocycles. The van der Waals surface area contributed by atoms with Gasteiger partial charge in [0.1, 0.15) is 0 Å². The van der Waals surface area contributed by atoms with Gasteiger partial charge in [0.05, 0.1) is 0 Å². The Kier molecular flexibility index (Phi) is 20.5. The van der Waals surface area contributed by atoms with Crippen LogP contribution in [0.2, 0.25) is 10.6 Å². The van der Waals surface area contributed by atoms with Crippen LogP contribution in [0.25, 0.3) is 0 Å². The Morgan fingerprint density at radius 2 is 1.07 bits per heavy atom. The molecule has 0 aromatic heterocycles. The Bertz CT molecular complexity index is 76.4. The van der Waals surface area contributed by atoms with E-state index < -0.39 is 0 Å². The average Bonchev–Trinajstić information content (AvgIpc) is 2.16. The number of hydrogen-bond donors (Lipinski definition) is 0. The molecular formula is C12H27AlFe. The maximum Gasteiger partial charge on any atom is 0.236 e. The summed E-state index contributed by atoms with van der Waals surface area (Å²) in [5, 5.41) is 3.23. The van der Waals surface area contributed by atoms with E-state index in [2.05, 4.69) is 13.8 Å². The first kappa shape index (κ1) is 17.4. The van der Waals surface area contributed by atoms with Crippen molar-refractivity contribution in [1.29, 1.82) is 0 Å². The van der Waals surface area contributed by atoms with Crippen LogP contribution in [0.3, 0.4) is 0 Å². The molecule has 0 spiro atoms. The van der Waals surface area contributed by atoms with Gasteiger partial charge in [0.15, 0.2) is 0 Å². The molecule has 86 valence electrons. The molecule has 0 unspecified atom stereocenters. The van der Waals surface area contributed by atoms with Gasteiger partial charge in [-0.25, -0.2) is 0 Å². The largest absolute Gasteiger partial charge is 0.236 e. The predicted octanol–water partition coefficient (Wildman–Crippen LogP) is 4.42. The van der Waals surface area contributed by atoms with Gasteiger partial charge < -0.3 is 0 Å². The van der Waals surface area contributed by atoms with E-state index >= 15 is 0 Å². The van der Waals surface area contributed by atoms with E-state index in [9.17, 15) is 0 Å². The Morgan fingerprint density at radius 3 is 1.43 bits per heavy atom. The average molecular weight is 254 g/mol. The maximum atomic E-state index is 2.29. The zero-order chi connectivity index (χ0) is 9.78. The SMILES string of the molecule is CCCCC[CH2][AlH][CH2]CCCCC.[Fe]. The third-order valence-electron chi connectivity index (χ3n) is 2.71. The van der Waals surface area contributed by atoms with E-state index in [1.807, 2.05) is 0 Å². The third-order valence-corrected chi connectivity index (χ3v) is 4.71. The summed E-state index contributed by atoms with van der Waals surface area (Å²) in [5.74, 6) is 0. The van der Waals surface area contributed by atoms with Crippen LogP contribution >= 0.6 is 0 Å². The van der Waals surface area contributed by atoms with Crippen molar-refractivity contribution < 1.29 is 17.1 Å². The Labute approximate surface area is 108 Å². The summed E-state index contributed by atoms with van der Waals surface area (Å²) in [6.07, 6.45) is 11.8. The molecule has 0 saturated carbocycles. The molecule has 0 aliphatic rings. The smallest absolute Gasteiger partial charge is 0.0972 e. The molecular weight excluding hydrogens is 227 g/mol. The normalized spacial score (nSPS) is 9.57. The van der Waals surface area contributed by atoms with Gasteiger partial charge in [0.2, 0.25) is 15.2 Å². The molecule has 0 rings (SSSR count). The summed E-state index contributed by atoms with van der Waals surface area (Å²) in [6.45, 7) is 4.59. The quantitative estimate of drug-likeness (QED) is 0.400. The number of unbranched alkanes of at least 4 members (excludes halogenated alkanes) is 6. The summed E-state index contributed by atoms with van der Waals surface area (Å²) >= 11 is 0.355. The fourth-order valence-electron chi connectivity index (χ4n) is 1.74. The van der Waals surface area contributed by atoms with Gasteiger partial charge in [-0.1, -0.05) is 75.8 Å². The summed E-state index contributed by atoms with van der Waals surface area (Å²) in [7, 11) is 0. The molecule has 0 N–H and O–H groups in total. The fraction of sp³-hybridized carbons (Fsp3) is 1.00. The van der Waals surface area contributed by atoms with E-state index in [-0.39, 0.29) is 17.1 Å². The molecule has 0 saturated heterocycles. The standard InChI is InChI=1S/2C6H13.Al.Fe.H/c2*1-3-5-6-4-2;;;/h2*1,3-6H2,2H3;;;. The molecule has 0 nitrogen and oxygen atoms in total. The van der Waals surface area contributed by atoms with Crippen LogP contribution in [-0.4, -0.2) is 15.2 Å². The van der Waals surface area contributed by atoms with Crippen molar-refractivity contribution in [2.75, 3.05) is 0 Å². The maximum absolute atomic E-state index is 2.29. The zero-order valence-electron chi connectivity index (χ0n) is 10.1. The summed E-state index contributed by atoms with van der Waals surface area (Å²) in [5.41, 5.74) is 0. The Hall–Kier alpha value is 1.05. The first-order valence-electron chi connectivity index (χ1n) is 6.41. The summed E-state index contributed by atoms with van der Waals surface area (Å²) in [4.78, 5) is 0. The van der Waals surface area contributed by atoms with E-state index in [0.717, 1.165) is 0 Å². The Balaban J connectivity index is 0. The molecule has 0 fully saturated rings. The van der Waals surface area contributed by atoms with Crippen molar-refractivity contribution >= 4 is 15.2 Å². The van der Waals surface area contributed by atoms with Crippen LogP contribution in [-0.2, 0) is 17.1 Å². The number of rotatable bonds is 10. The summed E-state index contributed by atoms with van der Waals surface area (Å²) in [6, 6.07) is 0. The van der Waals surface area contributed by atoms with Crippen molar-refractivity contribution in [3.05, 3.63) is 0 Å². The van der Waals surface area contributed by atoms with E-state index in [1.54, 1.807) is 10.6 Å². The van der Waals surface area contributed by atoms with Crippen LogP contribution in [0.1, 0.15) is 65.2 Å². The molecule has 0 aliphatic heterocycles. The van der Waals surface area contributed by atoms with Crippen molar-refractivity contribution in [2.45, 2.75) is 75.8 Å². The van der Waals surface area contributed by atoms with Crippen molar-refractivity contribution in [3.63, 3.8) is 0 Å². The van der Waals surface area contributed by atoms with Gasteiger partial charge in [-0.3, -0.25) is 0 Å². The second kappa shape index (κ2) is 16.5. The molecule has 0 atom stereocenters. The molecule has 0 bridgehead atoms. The zero-order valence-corrected chi connectivity index (χ0v) is 12.7. The molecule has 14 heavy (non-hydrogen) atoms. The minimum absolute atomic E-state index is 0. The van der Waals surface area contributed by atoms with Crippen LogP contribution in [0.15, 0.2) is 0 Å². The van der Waals surface area contributed by atoms with Crippen molar-refractivity contribution in [2.24, 2.45) is 0 Å². The van der Waals surface area contributed by atoms with Crippen molar-refractivity contribution in [3.8, 4) is 0 Å². The topological polar surface area (TPSA) is 0 Å². The van der Waals surface area contributed by atoms with Crippen LogP contribution in [0.4, 0.5) is 0 Å². The van der Waals surface area contributed by atoms with Gasteiger partial charge in [-0.2, -0.15) is 0 Å². The molecule has 0 aromatic carbocycles. The van der Waals surface area contributed by atoms with Crippen LogP contribution in [0, 0.1) is 0 Å². The molecule has 0 radical (unpaired) electrons. The van der Waals surface area contributed by atoms with Crippen LogP contribution < -0.4 is 0 Å². The van der Waals surface area contributed by atoms with E-state index in [1.165, 1.54) is 51.4 Å². The van der Waals surface area contributed by atoms with Gasteiger partial charge in [-0.05, 0) is 0 Å². The van der Waals surface area contributed by atoms with Gasteiger partial charge >= 0.3 is 0 Å². The predicted molar refractivity (Wildman–Crippen MR) is 65.0 cm³/mol. The molecule has 2 heteroatoms. The van der Waals surface area contributed by atoms with E-state index in [4.69, 9.17) is 0 Å². The molecule has 0 aromatic rings. The first-order chi connectivity index (χ1) is 6.41. The monoisotopic (exact) mass is 254 g/mol. The van der Waals surface area contributed by atoms with Gasteiger partial charge in [0, 0.05) is 17.1 Å². The molecule has 0 heterocycles. The summed E-state index contributed by atoms with van der Waals surface area (Å²) < 4.78 is 0.